The molecule has 0 amide bonds. The van der Waals surface area contributed by atoms with Gasteiger partial charge in [-0.05, 0) is 35.4 Å². The van der Waals surface area contributed by atoms with Gasteiger partial charge in [0.05, 0.1) is 32.2 Å². The van der Waals surface area contributed by atoms with Crippen LogP contribution in [0.4, 0.5) is 0 Å². The van der Waals surface area contributed by atoms with Gasteiger partial charge in [0.15, 0.2) is 0 Å². The summed E-state index contributed by atoms with van der Waals surface area (Å²) in [4.78, 5) is 4.32. The van der Waals surface area contributed by atoms with E-state index in [1.807, 2.05) is 41.2 Å². The highest BCUT2D eigenvalue weighted by atomic mass is 16.5. The first-order valence-electron chi connectivity index (χ1n) is 7.00. The second-order valence-electron chi connectivity index (χ2n) is 4.98. The maximum Gasteiger partial charge on any atom is 0.118 e. The van der Waals surface area contributed by atoms with E-state index in [0.29, 0.717) is 6.54 Å². The monoisotopic (exact) mass is 295 g/mol. The van der Waals surface area contributed by atoms with Crippen LogP contribution in [0.3, 0.4) is 0 Å². The molecule has 2 aromatic heterocycles. The molecule has 0 aliphatic heterocycles. The molecule has 0 spiro atoms. The van der Waals surface area contributed by atoms with Crippen LogP contribution in [0, 0.1) is 0 Å². The molecular formula is C17H17N3O2. The number of rotatable bonds is 5. The van der Waals surface area contributed by atoms with E-state index in [0.717, 1.165) is 28.1 Å². The fourth-order valence-electron chi connectivity index (χ4n) is 2.23. The van der Waals surface area contributed by atoms with Crippen molar-refractivity contribution >= 4 is 0 Å². The number of hydrogen-bond acceptors (Lipinski definition) is 4. The predicted molar refractivity (Wildman–Crippen MR) is 83.5 cm³/mol. The Morgan fingerprint density at radius 1 is 1.14 bits per heavy atom. The number of benzene rings is 1. The van der Waals surface area contributed by atoms with Crippen LogP contribution in [0.2, 0.25) is 0 Å². The number of pyridine rings is 1. The normalized spacial score (nSPS) is 10.6. The molecule has 22 heavy (non-hydrogen) atoms. The Morgan fingerprint density at radius 2 is 1.95 bits per heavy atom. The Kier molecular flexibility index (Phi) is 4.16. The quantitative estimate of drug-likeness (QED) is 0.785. The van der Waals surface area contributed by atoms with Crippen LogP contribution in [0.15, 0.2) is 55.0 Å². The molecule has 1 aromatic carbocycles. The van der Waals surface area contributed by atoms with Gasteiger partial charge >= 0.3 is 0 Å². The Hall–Kier alpha value is -2.66. The molecule has 0 aliphatic rings. The first-order chi connectivity index (χ1) is 10.8. The molecule has 3 aromatic rings. The van der Waals surface area contributed by atoms with E-state index in [9.17, 15) is 5.11 Å². The van der Waals surface area contributed by atoms with Crippen LogP contribution in [-0.2, 0) is 13.2 Å². The molecule has 0 unspecified atom stereocenters. The fourth-order valence-corrected chi connectivity index (χ4v) is 2.23. The molecule has 0 atom stereocenters. The van der Waals surface area contributed by atoms with E-state index < -0.39 is 0 Å². The van der Waals surface area contributed by atoms with Crippen LogP contribution in [-0.4, -0.2) is 27.0 Å². The highest BCUT2D eigenvalue weighted by molar-refractivity contribution is 5.57. The van der Waals surface area contributed by atoms with Crippen molar-refractivity contribution in [2.45, 2.75) is 13.2 Å². The molecule has 5 heteroatoms. The van der Waals surface area contributed by atoms with Gasteiger partial charge in [-0.15, -0.1) is 0 Å². The van der Waals surface area contributed by atoms with E-state index in [-0.39, 0.29) is 6.61 Å². The summed E-state index contributed by atoms with van der Waals surface area (Å²) in [5.74, 6) is 0.843. The highest BCUT2D eigenvalue weighted by Crippen LogP contribution is 2.18. The van der Waals surface area contributed by atoms with Crippen molar-refractivity contribution in [1.29, 1.82) is 0 Å². The molecule has 0 bridgehead atoms. The van der Waals surface area contributed by atoms with Crippen molar-refractivity contribution in [3.8, 4) is 17.0 Å². The summed E-state index contributed by atoms with van der Waals surface area (Å²) in [5, 5.41) is 13.6. The lowest BCUT2D eigenvalue weighted by Crippen LogP contribution is -1.99. The average Bonchev–Trinajstić information content (AvgIpc) is 3.04. The molecule has 1 N–H and O–H groups in total. The lowest BCUT2D eigenvalue weighted by Gasteiger charge is -2.04. The second-order valence-corrected chi connectivity index (χ2v) is 4.98. The molecule has 2 heterocycles. The van der Waals surface area contributed by atoms with Crippen LogP contribution in [0.25, 0.3) is 11.3 Å². The maximum absolute atomic E-state index is 9.19. The van der Waals surface area contributed by atoms with Gasteiger partial charge in [0.1, 0.15) is 5.75 Å². The van der Waals surface area contributed by atoms with Crippen molar-refractivity contribution in [2.75, 3.05) is 7.11 Å². The van der Waals surface area contributed by atoms with Crippen molar-refractivity contribution in [3.63, 3.8) is 0 Å². The van der Waals surface area contributed by atoms with Crippen molar-refractivity contribution in [2.24, 2.45) is 0 Å². The van der Waals surface area contributed by atoms with Gasteiger partial charge in [0.2, 0.25) is 0 Å². The third-order valence-corrected chi connectivity index (χ3v) is 3.44. The summed E-state index contributed by atoms with van der Waals surface area (Å²) in [6.07, 6.45) is 5.43. The minimum atomic E-state index is 0.00943. The zero-order valence-electron chi connectivity index (χ0n) is 12.3. The first kappa shape index (κ1) is 14.3. The SMILES string of the molecule is COc1ccc(Cn2cc(-c3cc(CO)ccn3)cn2)cc1. The van der Waals surface area contributed by atoms with Gasteiger partial charge in [-0.1, -0.05) is 12.1 Å². The number of ether oxygens (including phenoxy) is 1. The second kappa shape index (κ2) is 6.41. The lowest BCUT2D eigenvalue weighted by molar-refractivity contribution is 0.282. The van der Waals surface area contributed by atoms with E-state index >= 15 is 0 Å². The average molecular weight is 295 g/mol. The van der Waals surface area contributed by atoms with Gasteiger partial charge in [-0.2, -0.15) is 5.10 Å². The Morgan fingerprint density at radius 3 is 2.68 bits per heavy atom. The smallest absolute Gasteiger partial charge is 0.118 e. The summed E-state index contributed by atoms with van der Waals surface area (Å²) in [7, 11) is 1.66. The largest absolute Gasteiger partial charge is 0.497 e. The summed E-state index contributed by atoms with van der Waals surface area (Å²) in [5.41, 5.74) is 3.73. The standard InChI is InChI=1S/C17H17N3O2/c1-22-16-4-2-13(3-5-16)10-20-11-15(9-19-20)17-8-14(12-21)6-7-18-17/h2-9,11,21H,10,12H2,1H3. The molecule has 5 nitrogen and oxygen atoms in total. The summed E-state index contributed by atoms with van der Waals surface area (Å²) in [6, 6.07) is 11.6. The van der Waals surface area contributed by atoms with Gasteiger partial charge in [-0.25, -0.2) is 0 Å². The molecule has 0 saturated heterocycles. The molecule has 3 rings (SSSR count). The highest BCUT2D eigenvalue weighted by Gasteiger charge is 2.05. The first-order valence-corrected chi connectivity index (χ1v) is 7.00. The van der Waals surface area contributed by atoms with Crippen LogP contribution in [0.1, 0.15) is 11.1 Å². The van der Waals surface area contributed by atoms with Crippen LogP contribution >= 0.6 is 0 Å². The topological polar surface area (TPSA) is 60.2 Å². The lowest BCUT2D eigenvalue weighted by atomic mass is 10.2. The van der Waals surface area contributed by atoms with Gasteiger partial charge in [0, 0.05) is 18.0 Å². The van der Waals surface area contributed by atoms with Gasteiger partial charge in [-0.3, -0.25) is 9.67 Å². The number of methoxy groups -OCH3 is 1. The van der Waals surface area contributed by atoms with Crippen LogP contribution in [0.5, 0.6) is 5.75 Å². The zero-order valence-corrected chi connectivity index (χ0v) is 12.3. The minimum Gasteiger partial charge on any atom is -0.497 e. The Labute approximate surface area is 128 Å². The van der Waals surface area contributed by atoms with Crippen LogP contribution < -0.4 is 4.74 Å². The number of aromatic nitrogens is 3. The Bertz CT molecular complexity index is 751. The molecule has 0 saturated carbocycles. The van der Waals surface area contributed by atoms with E-state index in [1.165, 1.54) is 0 Å². The number of nitrogens with zero attached hydrogens (tertiary/aromatic N) is 3. The zero-order chi connectivity index (χ0) is 15.4. The summed E-state index contributed by atoms with van der Waals surface area (Å²) >= 11 is 0. The number of hydrogen-bond donors (Lipinski definition) is 1. The maximum atomic E-state index is 9.19. The van der Waals surface area contributed by atoms with E-state index in [2.05, 4.69) is 10.1 Å². The summed E-state index contributed by atoms with van der Waals surface area (Å²) in [6.45, 7) is 0.694. The van der Waals surface area contributed by atoms with Crippen molar-refractivity contribution in [1.82, 2.24) is 14.8 Å². The number of aliphatic hydroxyl groups is 1. The van der Waals surface area contributed by atoms with Gasteiger partial charge < -0.3 is 9.84 Å². The number of aliphatic hydroxyl groups excluding tert-OH is 1. The molecule has 0 aliphatic carbocycles. The molecule has 0 fully saturated rings. The molecular weight excluding hydrogens is 278 g/mol. The summed E-state index contributed by atoms with van der Waals surface area (Å²) < 4.78 is 7.02. The van der Waals surface area contributed by atoms with Crippen molar-refractivity contribution < 1.29 is 9.84 Å². The minimum absolute atomic E-state index is 0.00943. The Balaban J connectivity index is 1.77. The van der Waals surface area contributed by atoms with E-state index in [4.69, 9.17) is 4.74 Å². The third-order valence-electron chi connectivity index (χ3n) is 3.44. The predicted octanol–water partition coefficient (Wildman–Crippen LogP) is 2.49. The van der Waals surface area contributed by atoms with E-state index in [1.54, 1.807) is 25.6 Å². The van der Waals surface area contributed by atoms with Gasteiger partial charge in [0.25, 0.3) is 0 Å². The molecule has 112 valence electrons. The van der Waals surface area contributed by atoms with Crippen molar-refractivity contribution in [3.05, 3.63) is 66.1 Å². The third kappa shape index (κ3) is 3.15. The fraction of sp³-hybridized carbons (Fsp3) is 0.176. The molecule has 0 radical (unpaired) electrons.